The highest BCUT2D eigenvalue weighted by Crippen LogP contribution is 2.41. The molecule has 3 nitrogen and oxygen atoms in total. The van der Waals surface area contributed by atoms with E-state index >= 15 is 0 Å². The van der Waals surface area contributed by atoms with E-state index in [1.165, 1.54) is 110 Å². The molecule has 0 heterocycles. The van der Waals surface area contributed by atoms with Crippen LogP contribution in [0.4, 0.5) is 0 Å². The summed E-state index contributed by atoms with van der Waals surface area (Å²) in [7, 11) is -1.95. The van der Waals surface area contributed by atoms with E-state index < -0.39 is 7.60 Å². The molecule has 0 saturated carbocycles. The lowest BCUT2D eigenvalue weighted by molar-refractivity contribution is 0.314. The average Bonchev–Trinajstić information content (AvgIpc) is 2.60. The molecule has 1 atom stereocenters. The Morgan fingerprint density at radius 2 is 0.880 bits per heavy atom. The van der Waals surface area contributed by atoms with Crippen LogP contribution < -0.4 is 0 Å². The summed E-state index contributed by atoms with van der Waals surface area (Å²) in [6, 6.07) is 0. The lowest BCUT2D eigenvalue weighted by Crippen LogP contribution is -1.91. The van der Waals surface area contributed by atoms with Gasteiger partial charge in [-0.05, 0) is 6.42 Å². The van der Waals surface area contributed by atoms with Crippen molar-refractivity contribution in [2.75, 3.05) is 13.3 Å². The number of rotatable bonds is 20. The van der Waals surface area contributed by atoms with E-state index in [0.29, 0.717) is 6.16 Å². The van der Waals surface area contributed by atoms with Gasteiger partial charge in [-0.1, -0.05) is 116 Å². The highest BCUT2D eigenvalue weighted by molar-refractivity contribution is 7.52. The van der Waals surface area contributed by atoms with Crippen molar-refractivity contribution in [2.45, 2.75) is 122 Å². The second kappa shape index (κ2) is 18.9. The maximum atomic E-state index is 11.3. The summed E-state index contributed by atoms with van der Waals surface area (Å²) in [6.45, 7) is 2.28. The predicted octanol–water partition coefficient (Wildman–Crippen LogP) is 7.86. The predicted molar refractivity (Wildman–Crippen MR) is 110 cm³/mol. The molecule has 0 amide bonds. The normalized spacial score (nSPS) is 13.9. The standard InChI is InChI=1S/C21H45O3P/c1-3-4-5-6-7-8-9-10-11-12-13-14-15-16-17-18-19-20-21-25(22,23)24-2/h3-21H2,1-2H3,(H,22,23). The van der Waals surface area contributed by atoms with Crippen LogP contribution >= 0.6 is 7.60 Å². The Hall–Kier alpha value is 0.150. The first kappa shape index (κ1) is 25.1. The second-order valence-corrected chi connectivity index (χ2v) is 9.64. The van der Waals surface area contributed by atoms with Gasteiger partial charge < -0.3 is 9.42 Å². The molecule has 0 aliphatic carbocycles. The van der Waals surface area contributed by atoms with E-state index in [0.717, 1.165) is 12.8 Å². The van der Waals surface area contributed by atoms with Gasteiger partial charge in [0.15, 0.2) is 0 Å². The molecule has 0 fully saturated rings. The zero-order valence-corrected chi connectivity index (χ0v) is 18.0. The van der Waals surface area contributed by atoms with Gasteiger partial charge in [-0.3, -0.25) is 4.57 Å². The number of unbranched alkanes of at least 4 members (excludes halogenated alkanes) is 17. The van der Waals surface area contributed by atoms with Crippen LogP contribution in [0.5, 0.6) is 0 Å². The molecule has 0 aromatic rings. The van der Waals surface area contributed by atoms with Crippen molar-refractivity contribution >= 4 is 7.60 Å². The van der Waals surface area contributed by atoms with Gasteiger partial charge in [-0.15, -0.1) is 0 Å². The molecular weight excluding hydrogens is 331 g/mol. The minimum absolute atomic E-state index is 0.308. The molecular formula is C21H45O3P. The monoisotopic (exact) mass is 376 g/mol. The van der Waals surface area contributed by atoms with Crippen molar-refractivity contribution < 1.29 is 14.0 Å². The van der Waals surface area contributed by atoms with E-state index in [1.54, 1.807) is 0 Å². The lowest BCUT2D eigenvalue weighted by atomic mass is 10.0. The van der Waals surface area contributed by atoms with Crippen LogP contribution in [0.2, 0.25) is 0 Å². The fourth-order valence-electron chi connectivity index (χ4n) is 3.30. The van der Waals surface area contributed by atoms with Crippen molar-refractivity contribution in [3.63, 3.8) is 0 Å². The molecule has 152 valence electrons. The summed E-state index contributed by atoms with van der Waals surface area (Å²) in [5, 5.41) is 0. The maximum Gasteiger partial charge on any atom is 0.327 e. The van der Waals surface area contributed by atoms with E-state index in [-0.39, 0.29) is 0 Å². The SMILES string of the molecule is CCCCCCCCCCCCCCCCCCCCP(=O)(O)OC. The van der Waals surface area contributed by atoms with Crippen LogP contribution in [-0.2, 0) is 9.09 Å². The summed E-state index contributed by atoms with van der Waals surface area (Å²) in [5.41, 5.74) is 0. The highest BCUT2D eigenvalue weighted by Gasteiger charge is 2.15. The number of hydrogen-bond acceptors (Lipinski definition) is 2. The minimum atomic E-state index is -3.26. The first-order valence-corrected chi connectivity index (χ1v) is 12.8. The van der Waals surface area contributed by atoms with Crippen LogP contribution in [0, 0.1) is 0 Å². The molecule has 0 saturated heterocycles. The molecule has 0 bridgehead atoms. The third-order valence-electron chi connectivity index (χ3n) is 5.08. The van der Waals surface area contributed by atoms with Crippen LogP contribution in [-0.4, -0.2) is 18.2 Å². The van der Waals surface area contributed by atoms with E-state index in [1.807, 2.05) is 0 Å². The second-order valence-electron chi connectivity index (χ2n) is 7.55. The van der Waals surface area contributed by atoms with Gasteiger partial charge in [0.25, 0.3) is 0 Å². The van der Waals surface area contributed by atoms with E-state index in [9.17, 15) is 9.46 Å². The van der Waals surface area contributed by atoms with Crippen molar-refractivity contribution in [3.8, 4) is 0 Å². The summed E-state index contributed by atoms with van der Waals surface area (Å²) in [6.07, 6.45) is 24.3. The fraction of sp³-hybridized carbons (Fsp3) is 1.00. The van der Waals surface area contributed by atoms with Crippen LogP contribution in [0.3, 0.4) is 0 Å². The Bertz CT molecular complexity index is 308. The Morgan fingerprint density at radius 1 is 0.600 bits per heavy atom. The third-order valence-corrected chi connectivity index (χ3v) is 6.53. The number of hydrogen-bond donors (Lipinski definition) is 1. The molecule has 0 spiro atoms. The highest BCUT2D eigenvalue weighted by atomic mass is 31.2. The largest absolute Gasteiger partial charge is 0.327 e. The van der Waals surface area contributed by atoms with E-state index in [4.69, 9.17) is 0 Å². The van der Waals surface area contributed by atoms with Gasteiger partial charge in [0.2, 0.25) is 0 Å². The summed E-state index contributed by atoms with van der Waals surface area (Å²) < 4.78 is 15.9. The molecule has 0 aliphatic heterocycles. The fourth-order valence-corrected chi connectivity index (χ4v) is 4.11. The zero-order valence-electron chi connectivity index (χ0n) is 17.1. The molecule has 0 radical (unpaired) electrons. The van der Waals surface area contributed by atoms with Gasteiger partial charge in [-0.25, -0.2) is 0 Å². The molecule has 0 aliphatic rings. The van der Waals surface area contributed by atoms with Crippen molar-refractivity contribution in [1.82, 2.24) is 0 Å². The van der Waals surface area contributed by atoms with Crippen LogP contribution in [0.15, 0.2) is 0 Å². The summed E-state index contributed by atoms with van der Waals surface area (Å²) >= 11 is 0. The van der Waals surface area contributed by atoms with Gasteiger partial charge >= 0.3 is 7.60 Å². The smallest absolute Gasteiger partial charge is 0.324 e. The van der Waals surface area contributed by atoms with Crippen LogP contribution in [0.1, 0.15) is 122 Å². The van der Waals surface area contributed by atoms with Gasteiger partial charge in [0.1, 0.15) is 0 Å². The molecule has 25 heavy (non-hydrogen) atoms. The van der Waals surface area contributed by atoms with Gasteiger partial charge in [-0.2, -0.15) is 0 Å². The lowest BCUT2D eigenvalue weighted by Gasteiger charge is -2.07. The van der Waals surface area contributed by atoms with Crippen molar-refractivity contribution in [3.05, 3.63) is 0 Å². The minimum Gasteiger partial charge on any atom is -0.324 e. The van der Waals surface area contributed by atoms with E-state index in [2.05, 4.69) is 11.4 Å². The first-order valence-electron chi connectivity index (χ1n) is 11.0. The van der Waals surface area contributed by atoms with Crippen molar-refractivity contribution in [2.24, 2.45) is 0 Å². The summed E-state index contributed by atoms with van der Waals surface area (Å²) in [4.78, 5) is 9.29. The Morgan fingerprint density at radius 3 is 1.16 bits per heavy atom. The quantitative estimate of drug-likeness (QED) is 0.174. The first-order chi connectivity index (χ1) is 12.1. The molecule has 4 heteroatoms. The van der Waals surface area contributed by atoms with Gasteiger partial charge in [0.05, 0.1) is 0 Å². The molecule has 0 rings (SSSR count). The molecule has 0 aromatic heterocycles. The average molecular weight is 377 g/mol. The Balaban J connectivity index is 3.06. The van der Waals surface area contributed by atoms with Crippen molar-refractivity contribution in [1.29, 1.82) is 0 Å². The molecule has 1 unspecified atom stereocenters. The summed E-state index contributed by atoms with van der Waals surface area (Å²) in [5.74, 6) is 0. The molecule has 1 N–H and O–H groups in total. The van der Waals surface area contributed by atoms with Crippen LogP contribution in [0.25, 0.3) is 0 Å². The topological polar surface area (TPSA) is 46.5 Å². The Labute approximate surface area is 157 Å². The third kappa shape index (κ3) is 20.3. The maximum absolute atomic E-state index is 11.3. The van der Waals surface area contributed by atoms with Gasteiger partial charge in [0, 0.05) is 13.3 Å². The zero-order chi connectivity index (χ0) is 18.6. The molecule has 0 aromatic carbocycles. The Kier molecular flexibility index (Phi) is 19.0.